The van der Waals surface area contributed by atoms with Crippen molar-refractivity contribution in [1.29, 1.82) is 0 Å². The van der Waals surface area contributed by atoms with Crippen molar-refractivity contribution in [1.82, 2.24) is 19.7 Å². The Morgan fingerprint density at radius 1 is 0.544 bits per heavy atom. The van der Waals surface area contributed by atoms with E-state index in [9.17, 15) is 31.2 Å². The van der Waals surface area contributed by atoms with E-state index in [4.69, 9.17) is 4.74 Å². The molecule has 0 saturated carbocycles. The van der Waals surface area contributed by atoms with E-state index in [-0.39, 0.29) is 16.4 Å². The van der Waals surface area contributed by atoms with Crippen molar-refractivity contribution in [2.75, 3.05) is 13.1 Å². The number of hydrogen-bond acceptors (Lipinski definition) is 9. The molecular weight excluding hydrogens is 897 g/mol. The molecule has 0 unspecified atom stereocenters. The van der Waals surface area contributed by atoms with Gasteiger partial charge in [0.25, 0.3) is 31.9 Å². The summed E-state index contributed by atoms with van der Waals surface area (Å²) in [7, 11) is -7.84. The Hall–Kier alpha value is -4.27. The molecule has 0 bridgehead atoms. The third-order valence-corrected chi connectivity index (χ3v) is 15.7. The van der Waals surface area contributed by atoms with E-state index in [1.54, 1.807) is 24.3 Å². The Bertz CT molecular complexity index is 2110. The summed E-state index contributed by atoms with van der Waals surface area (Å²) >= 11 is 0. The number of ether oxygens (including phenoxy) is 1. The molecular formula is C54H82N4O8S2. The van der Waals surface area contributed by atoms with Crippen molar-refractivity contribution < 1.29 is 36.0 Å². The van der Waals surface area contributed by atoms with Gasteiger partial charge < -0.3 is 10.1 Å². The van der Waals surface area contributed by atoms with Gasteiger partial charge in [0.1, 0.15) is 12.6 Å². The quantitative estimate of drug-likeness (QED) is 0.0551. The fourth-order valence-electron chi connectivity index (χ4n) is 8.79. The topological polar surface area (TPSA) is 168 Å². The predicted molar refractivity (Wildman–Crippen MR) is 272 cm³/mol. The molecule has 378 valence electrons. The number of carbonyl (C=O) groups excluding carboxylic acids is 3. The van der Waals surface area contributed by atoms with Crippen LogP contribution in [0.25, 0.3) is 0 Å². The largest absolute Gasteiger partial charge is 0.445 e. The number of aryl methyl sites for hydroxylation is 2. The molecule has 3 N–H and O–H groups in total. The summed E-state index contributed by atoms with van der Waals surface area (Å²) in [6.45, 7) is 5.68. The average molecular weight is 979 g/mol. The minimum absolute atomic E-state index is 0.0406. The van der Waals surface area contributed by atoms with Crippen LogP contribution in [0.5, 0.6) is 0 Å². The summed E-state index contributed by atoms with van der Waals surface area (Å²) in [6, 6.07) is 21.6. The van der Waals surface area contributed by atoms with Gasteiger partial charge in [-0.25, -0.2) is 31.1 Å². The number of sulfonamides is 2. The third kappa shape index (κ3) is 21.2. The molecule has 0 spiro atoms. The molecule has 3 amide bonds. The number of rotatable bonds is 30. The number of amides is 3. The van der Waals surface area contributed by atoms with E-state index >= 15 is 0 Å². The molecule has 14 heteroatoms. The molecule has 12 nitrogen and oxygen atoms in total. The van der Waals surface area contributed by atoms with E-state index in [0.29, 0.717) is 25.8 Å². The molecule has 0 aliphatic carbocycles. The van der Waals surface area contributed by atoms with Gasteiger partial charge in [-0.05, 0) is 98.9 Å². The minimum atomic E-state index is -4.04. The van der Waals surface area contributed by atoms with Crippen LogP contribution in [0, 0.1) is 0 Å². The van der Waals surface area contributed by atoms with Crippen molar-refractivity contribution >= 4 is 38.0 Å². The highest BCUT2D eigenvalue weighted by atomic mass is 32.2. The summed E-state index contributed by atoms with van der Waals surface area (Å²) in [5, 5.41) is 3.02. The molecule has 2 atom stereocenters. The van der Waals surface area contributed by atoms with Crippen LogP contribution in [0.1, 0.15) is 185 Å². The first kappa shape index (κ1) is 56.3. The lowest BCUT2D eigenvalue weighted by atomic mass is 10.0. The van der Waals surface area contributed by atoms with E-state index in [2.05, 4.69) is 28.6 Å². The SMILES string of the molecule is CCCCCCCCCCCCc1ccc(S(=O)(=O)NC(=O)[C@H]2CCCN2)cc1.CCCCCCCCCCCCc1ccc(S(=O)(=O)NC(=O)[C@H]2CCCN2C(=O)OCc2ccccc2)cc1. The van der Waals surface area contributed by atoms with Crippen molar-refractivity contribution in [2.45, 2.75) is 209 Å². The Labute approximate surface area is 409 Å². The van der Waals surface area contributed by atoms with Gasteiger partial charge in [0.05, 0.1) is 15.8 Å². The van der Waals surface area contributed by atoms with E-state index < -0.39 is 50.0 Å². The summed E-state index contributed by atoms with van der Waals surface area (Å²) < 4.78 is 60.3. The van der Waals surface area contributed by atoms with Gasteiger partial charge in [0, 0.05) is 6.54 Å². The van der Waals surface area contributed by atoms with Crippen LogP contribution >= 0.6 is 0 Å². The summed E-state index contributed by atoms with van der Waals surface area (Å²) in [5.41, 5.74) is 3.07. The number of benzene rings is 3. The highest BCUT2D eigenvalue weighted by Gasteiger charge is 2.37. The molecule has 68 heavy (non-hydrogen) atoms. The Morgan fingerprint density at radius 2 is 0.985 bits per heavy atom. The van der Waals surface area contributed by atoms with Crippen LogP contribution < -0.4 is 14.8 Å². The smallest absolute Gasteiger partial charge is 0.410 e. The lowest BCUT2D eigenvalue weighted by molar-refractivity contribution is -0.123. The monoisotopic (exact) mass is 979 g/mol. The Balaban J connectivity index is 0.000000310. The van der Waals surface area contributed by atoms with Crippen LogP contribution in [0.15, 0.2) is 88.7 Å². The van der Waals surface area contributed by atoms with Crippen molar-refractivity contribution in [3.63, 3.8) is 0 Å². The molecule has 2 heterocycles. The number of unbranched alkanes of at least 4 members (excludes halogenated alkanes) is 18. The number of carbonyl (C=O) groups is 3. The number of nitrogens with one attached hydrogen (secondary N) is 3. The van der Waals surface area contributed by atoms with Gasteiger partial charge in [0.15, 0.2) is 0 Å². The van der Waals surface area contributed by atoms with Gasteiger partial charge in [0.2, 0.25) is 0 Å². The van der Waals surface area contributed by atoms with Crippen molar-refractivity contribution in [3.8, 4) is 0 Å². The van der Waals surface area contributed by atoms with Gasteiger partial charge >= 0.3 is 6.09 Å². The number of likely N-dealkylation sites (tertiary alicyclic amines) is 1. The van der Waals surface area contributed by atoms with Crippen LogP contribution in [0.4, 0.5) is 4.79 Å². The predicted octanol–water partition coefficient (Wildman–Crippen LogP) is 11.5. The molecule has 5 rings (SSSR count). The molecule has 3 aromatic carbocycles. The highest BCUT2D eigenvalue weighted by molar-refractivity contribution is 7.90. The zero-order valence-corrected chi connectivity index (χ0v) is 42.8. The zero-order chi connectivity index (χ0) is 48.9. The second-order valence-electron chi connectivity index (χ2n) is 18.6. The maximum atomic E-state index is 12.9. The van der Waals surface area contributed by atoms with Crippen LogP contribution in [-0.2, 0) is 53.8 Å². The van der Waals surface area contributed by atoms with Crippen LogP contribution in [0.3, 0.4) is 0 Å². The summed E-state index contributed by atoms with van der Waals surface area (Å²) in [5.74, 6) is -1.17. The van der Waals surface area contributed by atoms with Crippen molar-refractivity contribution in [3.05, 3.63) is 95.6 Å². The molecule has 2 aliphatic rings. The Kier molecular flexibility index (Phi) is 26.3. The summed E-state index contributed by atoms with van der Waals surface area (Å²) in [4.78, 5) is 39.0. The first-order valence-corrected chi connectivity index (χ1v) is 28.9. The molecule has 2 saturated heterocycles. The maximum Gasteiger partial charge on any atom is 0.410 e. The van der Waals surface area contributed by atoms with Gasteiger partial charge in [-0.3, -0.25) is 14.5 Å². The molecule has 0 aromatic heterocycles. The van der Waals surface area contributed by atoms with E-state index in [1.807, 2.05) is 54.6 Å². The maximum absolute atomic E-state index is 12.9. The lowest BCUT2D eigenvalue weighted by Gasteiger charge is -2.23. The zero-order valence-electron chi connectivity index (χ0n) is 41.2. The standard InChI is InChI=1S/C31H44N2O5S.C23H38N2O3S/c1-2-3-4-5-6-7-8-9-10-12-16-26-20-22-28(23-21-26)39(36,37)32-30(34)29-19-15-24-33(29)31(35)38-25-27-17-13-11-14-18-27;1-2-3-4-5-6-7-8-9-10-11-13-20-15-17-21(18-16-20)29(27,28)25-23(26)22-14-12-19-24-22/h11,13-14,17-18,20-23,29H,2-10,12,15-16,19,24-25H2,1H3,(H,32,34);15-18,22,24H,2-14,19H2,1H3,(H,25,26)/t29-;22-/m11/s1. The number of nitrogens with zero attached hydrogens (tertiary/aromatic N) is 1. The number of hydrogen-bond donors (Lipinski definition) is 3. The second kappa shape index (κ2) is 31.8. The first-order valence-electron chi connectivity index (χ1n) is 26.0. The second-order valence-corrected chi connectivity index (χ2v) is 22.0. The van der Waals surface area contributed by atoms with E-state index in [1.165, 1.54) is 120 Å². The Morgan fingerprint density at radius 3 is 1.43 bits per heavy atom. The van der Waals surface area contributed by atoms with Gasteiger partial charge in [-0.2, -0.15) is 0 Å². The minimum Gasteiger partial charge on any atom is -0.445 e. The highest BCUT2D eigenvalue weighted by Crippen LogP contribution is 2.22. The normalized spacial score (nSPS) is 15.9. The van der Waals surface area contributed by atoms with Crippen LogP contribution in [-0.4, -0.2) is 64.8 Å². The fraction of sp³-hybridized carbons (Fsp3) is 0.611. The average Bonchev–Trinajstić information content (AvgIpc) is 4.07. The van der Waals surface area contributed by atoms with E-state index in [0.717, 1.165) is 55.3 Å². The lowest BCUT2D eigenvalue weighted by Crippen LogP contribution is -2.47. The van der Waals surface area contributed by atoms with Gasteiger partial charge in [-0.1, -0.05) is 184 Å². The van der Waals surface area contributed by atoms with Crippen molar-refractivity contribution in [2.24, 2.45) is 0 Å². The van der Waals surface area contributed by atoms with Gasteiger partial charge in [-0.15, -0.1) is 0 Å². The first-order chi connectivity index (χ1) is 32.9. The molecule has 2 fully saturated rings. The third-order valence-electron chi connectivity index (χ3n) is 12.9. The molecule has 3 aromatic rings. The van der Waals surface area contributed by atoms with Crippen LogP contribution in [0.2, 0.25) is 0 Å². The molecule has 2 aliphatic heterocycles. The molecule has 0 radical (unpaired) electrons. The fourth-order valence-corrected chi connectivity index (χ4v) is 10.8. The summed E-state index contributed by atoms with van der Waals surface area (Å²) in [6.07, 6.45) is 29.7.